The minimum absolute atomic E-state index is 0.172. The van der Waals surface area contributed by atoms with Crippen molar-refractivity contribution in [3.63, 3.8) is 0 Å². The van der Waals surface area contributed by atoms with E-state index in [4.69, 9.17) is 5.73 Å². The van der Waals surface area contributed by atoms with Gasteiger partial charge in [0.05, 0.1) is 6.54 Å². The van der Waals surface area contributed by atoms with Crippen molar-refractivity contribution >= 4 is 35.5 Å². The SMILES string of the molecule is CCC(C)C(NC(=O)CN)C(=O)NC(Cc1ccccc1)C(=O)NC(CCSC)C(=O)O. The normalized spacial score (nSPS) is 14.5. The molecule has 0 heterocycles. The number of amides is 3. The van der Waals surface area contributed by atoms with Crippen LogP contribution in [0, 0.1) is 5.92 Å². The molecule has 1 aromatic rings. The lowest BCUT2D eigenvalue weighted by Crippen LogP contribution is -2.58. The molecule has 0 radical (unpaired) electrons. The molecule has 4 atom stereocenters. The molecule has 0 fully saturated rings. The summed E-state index contributed by atoms with van der Waals surface area (Å²) >= 11 is 1.48. The van der Waals surface area contributed by atoms with E-state index in [9.17, 15) is 24.3 Å². The van der Waals surface area contributed by atoms with Crippen LogP contribution < -0.4 is 21.7 Å². The number of benzene rings is 1. The lowest BCUT2D eigenvalue weighted by atomic mass is 9.97. The van der Waals surface area contributed by atoms with Crippen LogP contribution in [0.1, 0.15) is 32.3 Å². The highest BCUT2D eigenvalue weighted by Gasteiger charge is 2.31. The molecule has 0 aliphatic rings. The van der Waals surface area contributed by atoms with Crippen LogP contribution in [0.3, 0.4) is 0 Å². The van der Waals surface area contributed by atoms with Gasteiger partial charge in [0.15, 0.2) is 0 Å². The number of carbonyl (C=O) groups excluding carboxylic acids is 3. The van der Waals surface area contributed by atoms with Gasteiger partial charge in [0.1, 0.15) is 18.1 Å². The maximum Gasteiger partial charge on any atom is 0.326 e. The van der Waals surface area contributed by atoms with Crippen LogP contribution in [0.4, 0.5) is 0 Å². The summed E-state index contributed by atoms with van der Waals surface area (Å²) in [6.07, 6.45) is 2.90. The predicted octanol–water partition coefficient (Wildman–Crippen LogP) is 0.526. The summed E-state index contributed by atoms with van der Waals surface area (Å²) in [6.45, 7) is 3.44. The Morgan fingerprint density at radius 3 is 2.19 bits per heavy atom. The van der Waals surface area contributed by atoms with E-state index in [1.54, 1.807) is 0 Å². The zero-order valence-corrected chi connectivity index (χ0v) is 19.6. The molecular formula is C22H34N4O5S. The molecule has 0 bridgehead atoms. The standard InChI is InChI=1S/C22H34N4O5S/c1-4-14(2)19(26-18(27)13-23)21(29)25-17(12-15-8-6-5-7-9-15)20(28)24-16(22(30)31)10-11-32-3/h5-9,14,16-17,19H,4,10-13,23H2,1-3H3,(H,24,28)(H,25,29)(H,26,27)(H,30,31). The summed E-state index contributed by atoms with van der Waals surface area (Å²) < 4.78 is 0. The Hall–Kier alpha value is -2.59. The third-order valence-electron chi connectivity index (χ3n) is 5.14. The first-order valence-corrected chi connectivity index (χ1v) is 12.0. The minimum Gasteiger partial charge on any atom is -0.480 e. The van der Waals surface area contributed by atoms with Gasteiger partial charge >= 0.3 is 5.97 Å². The molecule has 0 spiro atoms. The number of aliphatic carboxylic acids is 1. The van der Waals surface area contributed by atoms with Crippen LogP contribution >= 0.6 is 11.8 Å². The lowest BCUT2D eigenvalue weighted by Gasteiger charge is -2.27. The van der Waals surface area contributed by atoms with Crippen LogP contribution in [-0.4, -0.2) is 65.5 Å². The van der Waals surface area contributed by atoms with Gasteiger partial charge in [-0.05, 0) is 29.9 Å². The molecule has 178 valence electrons. The molecule has 3 amide bonds. The average Bonchev–Trinajstić information content (AvgIpc) is 2.79. The Bertz CT molecular complexity index is 762. The first-order chi connectivity index (χ1) is 15.2. The Kier molecular flexibility index (Phi) is 12.4. The van der Waals surface area contributed by atoms with E-state index in [-0.39, 0.29) is 25.3 Å². The van der Waals surface area contributed by atoms with Gasteiger partial charge in [-0.25, -0.2) is 4.79 Å². The van der Waals surface area contributed by atoms with Gasteiger partial charge in [0.2, 0.25) is 17.7 Å². The zero-order valence-electron chi connectivity index (χ0n) is 18.8. The maximum atomic E-state index is 13.0. The van der Waals surface area contributed by atoms with Crippen molar-refractivity contribution < 1.29 is 24.3 Å². The molecule has 4 unspecified atom stereocenters. The quantitative estimate of drug-likeness (QED) is 0.268. The monoisotopic (exact) mass is 466 g/mol. The van der Waals surface area contributed by atoms with Gasteiger partial charge in [0.25, 0.3) is 0 Å². The fourth-order valence-electron chi connectivity index (χ4n) is 3.02. The highest BCUT2D eigenvalue weighted by atomic mass is 32.2. The molecule has 0 aliphatic carbocycles. The zero-order chi connectivity index (χ0) is 24.1. The summed E-state index contributed by atoms with van der Waals surface area (Å²) in [7, 11) is 0. The van der Waals surface area contributed by atoms with Crippen molar-refractivity contribution in [2.24, 2.45) is 11.7 Å². The highest BCUT2D eigenvalue weighted by molar-refractivity contribution is 7.98. The third kappa shape index (κ3) is 9.27. The number of hydrogen-bond donors (Lipinski definition) is 5. The van der Waals surface area contributed by atoms with E-state index in [0.29, 0.717) is 12.2 Å². The second-order valence-electron chi connectivity index (χ2n) is 7.57. The molecule has 32 heavy (non-hydrogen) atoms. The van der Waals surface area contributed by atoms with Gasteiger partial charge in [-0.15, -0.1) is 0 Å². The van der Waals surface area contributed by atoms with E-state index in [2.05, 4.69) is 16.0 Å². The number of nitrogens with one attached hydrogen (secondary N) is 3. The molecule has 10 heteroatoms. The Labute approximate surface area is 193 Å². The summed E-state index contributed by atoms with van der Waals surface area (Å²) in [5.74, 6) is -2.35. The van der Waals surface area contributed by atoms with Gasteiger partial charge in [-0.3, -0.25) is 14.4 Å². The Balaban J connectivity index is 3.08. The lowest BCUT2D eigenvalue weighted by molar-refractivity contribution is -0.142. The molecule has 0 saturated carbocycles. The summed E-state index contributed by atoms with van der Waals surface area (Å²) in [6, 6.07) is 6.15. The summed E-state index contributed by atoms with van der Waals surface area (Å²) in [5.41, 5.74) is 6.17. The average molecular weight is 467 g/mol. The molecule has 9 nitrogen and oxygen atoms in total. The highest BCUT2D eigenvalue weighted by Crippen LogP contribution is 2.10. The fraction of sp³-hybridized carbons (Fsp3) is 0.545. The molecule has 1 rings (SSSR count). The number of carboxylic acid groups (broad SMARTS) is 1. The van der Waals surface area contributed by atoms with Crippen molar-refractivity contribution in [1.82, 2.24) is 16.0 Å². The Morgan fingerprint density at radius 1 is 1.03 bits per heavy atom. The number of carbonyl (C=O) groups is 4. The third-order valence-corrected chi connectivity index (χ3v) is 5.78. The van der Waals surface area contributed by atoms with Crippen LogP contribution in [0.5, 0.6) is 0 Å². The van der Waals surface area contributed by atoms with Crippen molar-refractivity contribution in [3.05, 3.63) is 35.9 Å². The molecule has 0 aliphatic heterocycles. The van der Waals surface area contributed by atoms with E-state index in [0.717, 1.165) is 5.56 Å². The number of thioether (sulfide) groups is 1. The number of hydrogen-bond acceptors (Lipinski definition) is 6. The molecule has 6 N–H and O–H groups in total. The van der Waals surface area contributed by atoms with Crippen molar-refractivity contribution in [2.75, 3.05) is 18.6 Å². The molecule has 0 saturated heterocycles. The van der Waals surface area contributed by atoms with Gasteiger partial charge in [-0.2, -0.15) is 11.8 Å². The van der Waals surface area contributed by atoms with Crippen LogP contribution in [0.25, 0.3) is 0 Å². The predicted molar refractivity (Wildman–Crippen MR) is 125 cm³/mol. The second kappa shape index (κ2) is 14.5. The number of rotatable bonds is 14. The largest absolute Gasteiger partial charge is 0.480 e. The van der Waals surface area contributed by atoms with E-state index < -0.39 is 41.8 Å². The van der Waals surface area contributed by atoms with Crippen LogP contribution in [-0.2, 0) is 25.6 Å². The van der Waals surface area contributed by atoms with Gasteiger partial charge < -0.3 is 26.8 Å². The van der Waals surface area contributed by atoms with Crippen LogP contribution in [0.2, 0.25) is 0 Å². The molecule has 0 aromatic heterocycles. The van der Waals surface area contributed by atoms with E-state index >= 15 is 0 Å². The summed E-state index contributed by atoms with van der Waals surface area (Å²) in [5, 5.41) is 17.3. The van der Waals surface area contributed by atoms with Gasteiger partial charge in [-0.1, -0.05) is 50.6 Å². The van der Waals surface area contributed by atoms with E-state index in [1.165, 1.54) is 11.8 Å². The number of nitrogens with two attached hydrogens (primary N) is 1. The first kappa shape index (κ1) is 27.4. The van der Waals surface area contributed by atoms with E-state index in [1.807, 2.05) is 50.4 Å². The minimum atomic E-state index is -1.13. The summed E-state index contributed by atoms with van der Waals surface area (Å²) in [4.78, 5) is 49.4. The van der Waals surface area contributed by atoms with Gasteiger partial charge in [0, 0.05) is 6.42 Å². The van der Waals surface area contributed by atoms with Crippen LogP contribution in [0.15, 0.2) is 30.3 Å². The fourth-order valence-corrected chi connectivity index (χ4v) is 3.49. The van der Waals surface area contributed by atoms with Crippen molar-refractivity contribution in [1.29, 1.82) is 0 Å². The number of carboxylic acids is 1. The molecule has 1 aromatic carbocycles. The Morgan fingerprint density at radius 2 is 1.66 bits per heavy atom. The smallest absolute Gasteiger partial charge is 0.326 e. The molecular weight excluding hydrogens is 432 g/mol. The first-order valence-electron chi connectivity index (χ1n) is 10.6. The topological polar surface area (TPSA) is 151 Å². The second-order valence-corrected chi connectivity index (χ2v) is 8.55. The maximum absolute atomic E-state index is 13.0. The van der Waals surface area contributed by atoms with Crippen molar-refractivity contribution in [2.45, 2.75) is 51.2 Å². The van der Waals surface area contributed by atoms with Crippen molar-refractivity contribution in [3.8, 4) is 0 Å².